The van der Waals surface area contributed by atoms with Gasteiger partial charge in [-0.05, 0) is 6.42 Å². The third kappa shape index (κ3) is 3.87. The van der Waals surface area contributed by atoms with Gasteiger partial charge in [0.15, 0.2) is 9.84 Å². The molecule has 1 heterocycles. The van der Waals surface area contributed by atoms with E-state index in [9.17, 15) is 26.8 Å². The average Bonchev–Trinajstić information content (AvgIpc) is 2.74. The van der Waals surface area contributed by atoms with Crippen molar-refractivity contribution in [2.45, 2.75) is 32.2 Å². The molecule has 0 radical (unpaired) electrons. The van der Waals surface area contributed by atoms with Gasteiger partial charge in [0.1, 0.15) is 0 Å². The van der Waals surface area contributed by atoms with Gasteiger partial charge in [-0.1, -0.05) is 19.9 Å². The molecule has 0 unspecified atom stereocenters. The molecule has 1 fully saturated rings. The van der Waals surface area contributed by atoms with Crippen LogP contribution in [0.1, 0.15) is 20.3 Å². The minimum absolute atomic E-state index is 0.0911. The maximum atomic E-state index is 14.0. The second-order valence-corrected chi connectivity index (χ2v) is 7.63. The number of hydrogen-bond acceptors (Lipinski definition) is 4. The van der Waals surface area contributed by atoms with E-state index in [4.69, 9.17) is 0 Å². The minimum Gasteiger partial charge on any atom is -0.329 e. The molecular formula is C13H19F2NO4S. The predicted octanol–water partition coefficient (Wildman–Crippen LogP) is 1.05. The average molecular weight is 323 g/mol. The molecule has 5 nitrogen and oxygen atoms in total. The number of nitrogens with zero attached hydrogens (tertiary/aromatic N) is 1. The van der Waals surface area contributed by atoms with Gasteiger partial charge in [-0.25, -0.2) is 8.42 Å². The van der Waals surface area contributed by atoms with Crippen molar-refractivity contribution in [3.8, 4) is 0 Å². The molecule has 0 spiro atoms. The van der Waals surface area contributed by atoms with Crippen molar-refractivity contribution in [2.75, 3.05) is 18.1 Å². The third-order valence-corrected chi connectivity index (χ3v) is 5.09. The maximum Gasteiger partial charge on any atom is 0.382 e. The number of ketones is 1. The van der Waals surface area contributed by atoms with Gasteiger partial charge >= 0.3 is 11.8 Å². The van der Waals surface area contributed by atoms with Gasteiger partial charge in [-0.15, -0.1) is 6.58 Å². The van der Waals surface area contributed by atoms with Crippen LogP contribution >= 0.6 is 0 Å². The molecule has 1 rings (SSSR count). The van der Waals surface area contributed by atoms with Gasteiger partial charge in [0, 0.05) is 18.5 Å². The van der Waals surface area contributed by atoms with Crippen LogP contribution in [0.5, 0.6) is 0 Å². The summed E-state index contributed by atoms with van der Waals surface area (Å²) >= 11 is 0. The summed E-state index contributed by atoms with van der Waals surface area (Å²) in [5.74, 6) is -8.78. The Morgan fingerprint density at radius 2 is 2.00 bits per heavy atom. The van der Waals surface area contributed by atoms with Gasteiger partial charge in [-0.2, -0.15) is 8.78 Å². The number of hydrogen-bond donors (Lipinski definition) is 0. The van der Waals surface area contributed by atoms with E-state index >= 15 is 0 Å². The fraction of sp³-hybridized carbons (Fsp3) is 0.692. The molecule has 0 aromatic heterocycles. The number of Topliss-reactive ketones (excluding diaryl/α,β-unsaturated/α-hetero) is 1. The van der Waals surface area contributed by atoms with Crippen LogP contribution < -0.4 is 0 Å². The fourth-order valence-electron chi connectivity index (χ4n) is 2.21. The normalized spacial score (nSPS) is 21.3. The van der Waals surface area contributed by atoms with Crippen molar-refractivity contribution < 1.29 is 26.8 Å². The summed E-state index contributed by atoms with van der Waals surface area (Å²) < 4.78 is 50.8. The topological polar surface area (TPSA) is 71.5 Å². The quantitative estimate of drug-likeness (QED) is 0.541. The Bertz CT molecular complexity index is 542. The molecule has 0 bridgehead atoms. The molecule has 0 aromatic rings. The summed E-state index contributed by atoms with van der Waals surface area (Å²) in [6.45, 7) is 5.72. The van der Waals surface area contributed by atoms with E-state index in [0.29, 0.717) is 0 Å². The highest BCUT2D eigenvalue weighted by atomic mass is 32.2. The Hall–Kier alpha value is -1.31. The van der Waals surface area contributed by atoms with Crippen LogP contribution in [-0.2, 0) is 19.4 Å². The standard InChI is InChI=1S/C13H19F2NO4S/c1-4-6-16(10-5-7-21(19,20)8-10)12(18)13(14,15)11(17)9(2)3/h4,9-10H,1,5-8H2,2-3H3/t10-/m1/s1. The lowest BCUT2D eigenvalue weighted by Crippen LogP contribution is -2.53. The summed E-state index contributed by atoms with van der Waals surface area (Å²) in [5.41, 5.74) is 0. The molecule has 1 atom stereocenters. The zero-order valence-corrected chi connectivity index (χ0v) is 12.8. The minimum atomic E-state index is -4.15. The van der Waals surface area contributed by atoms with Crippen LogP contribution in [0.3, 0.4) is 0 Å². The number of rotatable bonds is 6. The van der Waals surface area contributed by atoms with E-state index in [0.717, 1.165) is 4.90 Å². The Balaban J connectivity index is 3.03. The molecule has 120 valence electrons. The van der Waals surface area contributed by atoms with Crippen LogP contribution in [0.15, 0.2) is 12.7 Å². The van der Waals surface area contributed by atoms with E-state index in [1.165, 1.54) is 19.9 Å². The van der Waals surface area contributed by atoms with Gasteiger partial charge in [0.2, 0.25) is 5.78 Å². The highest BCUT2D eigenvalue weighted by Gasteiger charge is 2.52. The van der Waals surface area contributed by atoms with Crippen molar-refractivity contribution in [3.05, 3.63) is 12.7 Å². The van der Waals surface area contributed by atoms with E-state index in [2.05, 4.69) is 6.58 Å². The Morgan fingerprint density at radius 3 is 2.38 bits per heavy atom. The summed E-state index contributed by atoms with van der Waals surface area (Å²) in [7, 11) is -3.33. The number of halogens is 2. The number of sulfone groups is 1. The lowest BCUT2D eigenvalue weighted by molar-refractivity contribution is -0.168. The summed E-state index contributed by atoms with van der Waals surface area (Å²) in [5, 5.41) is 0. The molecule has 0 aliphatic carbocycles. The molecule has 0 saturated carbocycles. The van der Waals surface area contributed by atoms with Crippen LogP contribution in [0.2, 0.25) is 0 Å². The first-order chi connectivity index (χ1) is 9.53. The molecule has 0 N–H and O–H groups in total. The van der Waals surface area contributed by atoms with E-state index in [1.54, 1.807) is 0 Å². The Labute approximate surface area is 122 Å². The SMILES string of the molecule is C=CCN(C(=O)C(F)(F)C(=O)C(C)C)[C@@H]1CCS(=O)(=O)C1. The maximum absolute atomic E-state index is 14.0. The summed E-state index contributed by atoms with van der Waals surface area (Å²) in [6, 6.07) is -0.841. The van der Waals surface area contributed by atoms with Gasteiger partial charge in [0.05, 0.1) is 11.5 Å². The number of alkyl halides is 2. The van der Waals surface area contributed by atoms with Gasteiger partial charge < -0.3 is 4.90 Å². The molecule has 1 amide bonds. The first-order valence-electron chi connectivity index (χ1n) is 6.57. The highest BCUT2D eigenvalue weighted by molar-refractivity contribution is 7.91. The third-order valence-electron chi connectivity index (χ3n) is 3.34. The summed E-state index contributed by atoms with van der Waals surface area (Å²) in [6.07, 6.45) is 1.33. The lowest BCUT2D eigenvalue weighted by atomic mass is 10.0. The molecule has 21 heavy (non-hydrogen) atoms. The molecule has 1 aliphatic heterocycles. The second kappa shape index (κ2) is 6.21. The van der Waals surface area contributed by atoms with Crippen molar-refractivity contribution in [1.82, 2.24) is 4.90 Å². The van der Waals surface area contributed by atoms with Crippen LogP contribution in [-0.4, -0.2) is 55.0 Å². The van der Waals surface area contributed by atoms with Gasteiger partial charge in [-0.3, -0.25) is 9.59 Å². The number of amides is 1. The molecule has 1 aliphatic rings. The second-order valence-electron chi connectivity index (χ2n) is 5.40. The predicted molar refractivity (Wildman–Crippen MR) is 73.8 cm³/mol. The highest BCUT2D eigenvalue weighted by Crippen LogP contribution is 2.26. The Kier molecular flexibility index (Phi) is 5.25. The summed E-state index contributed by atoms with van der Waals surface area (Å²) in [4.78, 5) is 24.3. The zero-order valence-electron chi connectivity index (χ0n) is 12.0. The van der Waals surface area contributed by atoms with Gasteiger partial charge in [0.25, 0.3) is 0 Å². The molecule has 1 saturated heterocycles. The van der Waals surface area contributed by atoms with Crippen molar-refractivity contribution >= 4 is 21.5 Å². The lowest BCUT2D eigenvalue weighted by Gasteiger charge is -2.30. The van der Waals surface area contributed by atoms with E-state index in [-0.39, 0.29) is 24.5 Å². The van der Waals surface area contributed by atoms with Crippen molar-refractivity contribution in [1.29, 1.82) is 0 Å². The van der Waals surface area contributed by atoms with E-state index in [1.807, 2.05) is 0 Å². The van der Waals surface area contributed by atoms with Crippen LogP contribution in [0.4, 0.5) is 8.78 Å². The zero-order chi connectivity index (χ0) is 16.4. The Morgan fingerprint density at radius 1 is 1.43 bits per heavy atom. The van der Waals surface area contributed by atoms with Crippen molar-refractivity contribution in [3.63, 3.8) is 0 Å². The number of carbonyl (C=O) groups excluding carboxylic acids is 2. The number of carbonyl (C=O) groups is 2. The first kappa shape index (κ1) is 17.7. The van der Waals surface area contributed by atoms with Crippen molar-refractivity contribution in [2.24, 2.45) is 5.92 Å². The molecule has 0 aromatic carbocycles. The molecule has 8 heteroatoms. The fourth-order valence-corrected chi connectivity index (χ4v) is 3.94. The smallest absolute Gasteiger partial charge is 0.329 e. The van der Waals surface area contributed by atoms with E-state index < -0.39 is 39.4 Å². The van der Waals surface area contributed by atoms with Crippen LogP contribution in [0, 0.1) is 5.92 Å². The first-order valence-corrected chi connectivity index (χ1v) is 8.39. The van der Waals surface area contributed by atoms with Crippen LogP contribution in [0.25, 0.3) is 0 Å². The largest absolute Gasteiger partial charge is 0.382 e. The molecular weight excluding hydrogens is 304 g/mol. The monoisotopic (exact) mass is 323 g/mol.